The topological polar surface area (TPSA) is 230 Å². The molecule has 5 aromatic rings. The van der Waals surface area contributed by atoms with Crippen molar-refractivity contribution in [3.05, 3.63) is 108 Å². The molecule has 0 radical (unpaired) electrons. The molecule has 80 heavy (non-hydrogen) atoms. The summed E-state index contributed by atoms with van der Waals surface area (Å²) in [7, 11) is -8.02. The van der Waals surface area contributed by atoms with E-state index in [0.29, 0.717) is 17.3 Å². The second kappa shape index (κ2) is 80.9. The minimum absolute atomic E-state index is 0. The SMILES string of the molecule is C.CC.CC.CC.CC.CC.CC.CC.CC.CCC(=O)O.CCC(=O)O.CCC(=O)O.CCCS(C)(=O)=O.CCCS(C)(=O)=O.CCCS(C)(=O)=O.c1ccc2[nH]ccc2c1.c1ccc2c(c1)CCC2.c1ccc2sccc2c1. The molecule has 6 rings (SSSR count). The number of carbonyl (C=O) groups is 3. The normalized spacial score (nSPS) is 9.11. The molecule has 0 unspecified atom stereocenters. The van der Waals surface area contributed by atoms with E-state index in [1.807, 2.05) is 150 Å². The van der Waals surface area contributed by atoms with Crippen LogP contribution in [-0.2, 0) is 56.7 Å². The van der Waals surface area contributed by atoms with E-state index in [0.717, 1.165) is 19.3 Å². The zero-order valence-corrected chi connectivity index (χ0v) is 57.6. The third kappa shape index (κ3) is 92.8. The molecule has 0 atom stereocenters. The lowest BCUT2D eigenvalue weighted by Crippen LogP contribution is -2.00. The van der Waals surface area contributed by atoms with Crippen molar-refractivity contribution in [1.82, 2.24) is 4.98 Å². The fourth-order valence-electron chi connectivity index (χ4n) is 4.53. The van der Waals surface area contributed by atoms with Crippen LogP contribution in [-0.4, -0.2) is 99.5 Å². The molecular weight excluding hydrogens is 1090 g/mol. The maximum Gasteiger partial charge on any atom is 0.303 e. The summed E-state index contributed by atoms with van der Waals surface area (Å²) in [6.45, 7) is 42.3. The molecule has 0 amide bonds. The van der Waals surface area contributed by atoms with Gasteiger partial charge in [-0.1, -0.05) is 220 Å². The summed E-state index contributed by atoms with van der Waals surface area (Å²) in [5.74, 6) is -1.30. The number of aliphatic carboxylic acids is 3. The van der Waals surface area contributed by atoms with Crippen LogP contribution in [0.1, 0.15) is 216 Å². The van der Waals surface area contributed by atoms with E-state index in [1.165, 1.54) is 59.0 Å². The Hall–Kier alpha value is -4.58. The lowest BCUT2D eigenvalue weighted by atomic mass is 10.1. The van der Waals surface area contributed by atoms with E-state index in [2.05, 4.69) is 83.2 Å². The Balaban J connectivity index is -0.0000000634. The highest BCUT2D eigenvalue weighted by molar-refractivity contribution is 7.91. The maximum absolute atomic E-state index is 10.2. The van der Waals surface area contributed by atoms with E-state index in [9.17, 15) is 39.6 Å². The van der Waals surface area contributed by atoms with Crippen LogP contribution in [0.2, 0.25) is 0 Å². The van der Waals surface area contributed by atoms with Gasteiger partial charge in [0, 0.05) is 71.7 Å². The third-order valence-electron chi connectivity index (χ3n) is 7.47. The largest absolute Gasteiger partial charge is 0.481 e. The molecule has 2 heterocycles. The van der Waals surface area contributed by atoms with Gasteiger partial charge in [0.25, 0.3) is 0 Å². The Morgan fingerprint density at radius 2 is 0.713 bits per heavy atom. The molecule has 13 nitrogen and oxygen atoms in total. The van der Waals surface area contributed by atoms with E-state index < -0.39 is 47.4 Å². The Morgan fingerprint density at radius 1 is 0.438 bits per heavy atom. The number of sulfone groups is 3. The monoisotopic (exact) mass is 1210 g/mol. The number of thiophene rings is 1. The van der Waals surface area contributed by atoms with Crippen molar-refractivity contribution < 1.29 is 55.0 Å². The smallest absolute Gasteiger partial charge is 0.303 e. The molecule has 3 aromatic carbocycles. The first-order chi connectivity index (χ1) is 37.4. The van der Waals surface area contributed by atoms with Gasteiger partial charge in [0.2, 0.25) is 0 Å². The first kappa shape index (κ1) is 104. The first-order valence-corrected chi connectivity index (χ1v) is 35.7. The molecule has 0 saturated heterocycles. The second-order valence-electron chi connectivity index (χ2n) is 13.8. The van der Waals surface area contributed by atoms with Crippen LogP contribution in [0.5, 0.6) is 0 Å². The zero-order valence-electron chi connectivity index (χ0n) is 54.4. The number of aryl methyl sites for hydroxylation is 2. The highest BCUT2D eigenvalue weighted by Crippen LogP contribution is 2.20. The summed E-state index contributed by atoms with van der Waals surface area (Å²) in [5, 5.41) is 27.9. The number of hydrogen-bond acceptors (Lipinski definition) is 10. The third-order valence-corrected chi connectivity index (χ3v) is 11.8. The molecule has 0 bridgehead atoms. The number of H-pyrrole nitrogens is 1. The Morgan fingerprint density at radius 3 is 0.963 bits per heavy atom. The van der Waals surface area contributed by atoms with Gasteiger partial charge < -0.3 is 20.3 Å². The summed E-state index contributed by atoms with van der Waals surface area (Å²) >= 11 is 1.79. The molecular formula is C63H123NO12S4. The Bertz CT molecular complexity index is 2040. The molecule has 0 fully saturated rings. The fraction of sp³-hybridized carbons (Fsp3) is 0.603. The average molecular weight is 1210 g/mol. The van der Waals surface area contributed by atoms with Crippen LogP contribution < -0.4 is 0 Å². The van der Waals surface area contributed by atoms with Crippen molar-refractivity contribution in [3.63, 3.8) is 0 Å². The molecule has 0 spiro atoms. The summed E-state index contributed by atoms with van der Waals surface area (Å²) in [6.07, 6.45) is 12.5. The minimum atomic E-state index is -2.67. The van der Waals surface area contributed by atoms with Crippen LogP contribution in [0.25, 0.3) is 21.0 Å². The van der Waals surface area contributed by atoms with Crippen LogP contribution in [0.4, 0.5) is 0 Å². The predicted octanol–water partition coefficient (Wildman–Crippen LogP) is 18.9. The highest BCUT2D eigenvalue weighted by atomic mass is 32.2. The molecule has 476 valence electrons. The number of hydrogen-bond donors (Lipinski definition) is 4. The van der Waals surface area contributed by atoms with Crippen LogP contribution in [0.15, 0.2) is 96.5 Å². The van der Waals surface area contributed by atoms with Gasteiger partial charge in [-0.2, -0.15) is 0 Å². The lowest BCUT2D eigenvalue weighted by Gasteiger charge is -1.93. The number of aromatic nitrogens is 1. The summed E-state index contributed by atoms with van der Waals surface area (Å²) < 4.78 is 62.8. The first-order valence-electron chi connectivity index (χ1n) is 28.6. The number of aromatic amines is 1. The van der Waals surface area contributed by atoms with Gasteiger partial charge in [-0.15, -0.1) is 11.3 Å². The van der Waals surface area contributed by atoms with Crippen LogP contribution in [0.3, 0.4) is 0 Å². The Kier molecular flexibility index (Phi) is 105. The summed E-state index contributed by atoms with van der Waals surface area (Å²) in [4.78, 5) is 31.2. The number of benzene rings is 3. The number of para-hydroxylation sites is 1. The van der Waals surface area contributed by atoms with Gasteiger partial charge in [-0.25, -0.2) is 25.3 Å². The second-order valence-corrected chi connectivity index (χ2v) is 21.5. The maximum atomic E-state index is 10.2. The average Bonchev–Trinajstić information content (AvgIpc) is 4.26. The van der Waals surface area contributed by atoms with E-state index in [4.69, 9.17) is 15.3 Å². The summed E-state index contributed by atoms with van der Waals surface area (Å²) in [5.41, 5.74) is 4.34. The van der Waals surface area contributed by atoms with Crippen molar-refractivity contribution in [3.8, 4) is 0 Å². The fourth-order valence-corrected chi connectivity index (χ4v) is 7.54. The van der Waals surface area contributed by atoms with Gasteiger partial charge in [-0.3, -0.25) is 14.4 Å². The van der Waals surface area contributed by atoms with E-state index in [1.54, 1.807) is 43.2 Å². The lowest BCUT2D eigenvalue weighted by molar-refractivity contribution is -0.137. The van der Waals surface area contributed by atoms with Crippen molar-refractivity contribution in [1.29, 1.82) is 0 Å². The van der Waals surface area contributed by atoms with E-state index >= 15 is 0 Å². The van der Waals surface area contributed by atoms with Gasteiger partial charge >= 0.3 is 17.9 Å². The molecule has 0 aliphatic heterocycles. The van der Waals surface area contributed by atoms with Crippen molar-refractivity contribution in [2.75, 3.05) is 36.0 Å². The molecule has 1 aliphatic carbocycles. The van der Waals surface area contributed by atoms with Gasteiger partial charge in [0.1, 0.15) is 29.5 Å². The number of carboxylic acid groups (broad SMARTS) is 3. The van der Waals surface area contributed by atoms with E-state index in [-0.39, 0.29) is 26.7 Å². The molecule has 17 heteroatoms. The van der Waals surface area contributed by atoms with Crippen molar-refractivity contribution in [2.45, 2.75) is 218 Å². The van der Waals surface area contributed by atoms with Crippen molar-refractivity contribution >= 4 is 79.7 Å². The highest BCUT2D eigenvalue weighted by Gasteiger charge is 2.07. The Labute approximate surface area is 498 Å². The quantitative estimate of drug-likeness (QED) is 0.108. The molecule has 2 aromatic heterocycles. The van der Waals surface area contributed by atoms with Crippen LogP contribution >= 0.6 is 11.3 Å². The van der Waals surface area contributed by atoms with Gasteiger partial charge in [0.05, 0.1) is 0 Å². The number of rotatable bonds is 9. The molecule has 4 N–H and O–H groups in total. The minimum Gasteiger partial charge on any atom is -0.481 e. The molecule has 0 saturated carbocycles. The standard InChI is InChI=1S/C9H10.C8H7N.C8H6S.3C4H10O2S.3C3H6O2.8C2H6.CH4/c1-2-5-9-7-3-6-8(9)4-1;2*1-2-4-8-7(3-1)5-6-9-8;3*1-3-4-7(2,5)6;3*1-2-3(4)5;8*1-2;/h1-2,4-5H,3,6-7H2;1-6,9H;1-6H;3*3-4H2,1-2H3;3*2H2,1H3,(H,4,5);8*1-2H3;1H4. The summed E-state index contributed by atoms with van der Waals surface area (Å²) in [6, 6.07) is 29.6. The van der Waals surface area contributed by atoms with Gasteiger partial charge in [0.15, 0.2) is 0 Å². The number of nitrogens with one attached hydrogen (secondary N) is 1. The van der Waals surface area contributed by atoms with Crippen LogP contribution in [0, 0.1) is 0 Å². The molecule has 1 aliphatic rings. The van der Waals surface area contributed by atoms with Crippen molar-refractivity contribution in [2.24, 2.45) is 0 Å². The van der Waals surface area contributed by atoms with Gasteiger partial charge in [-0.05, 0) is 90.1 Å². The zero-order chi connectivity index (χ0) is 64.9. The number of carboxylic acids is 3. The number of fused-ring (bicyclic) bond motifs is 3. The predicted molar refractivity (Wildman–Crippen MR) is 360 cm³/mol.